The van der Waals surface area contributed by atoms with E-state index in [0.717, 1.165) is 10.7 Å². The van der Waals surface area contributed by atoms with E-state index in [2.05, 4.69) is 21.0 Å². The van der Waals surface area contributed by atoms with Crippen molar-refractivity contribution in [1.29, 1.82) is 0 Å². The molecule has 0 aliphatic heterocycles. The number of hydrogen-bond donors (Lipinski definition) is 0. The number of aromatic nitrogens is 2. The molecular formula is C11H7BrClF3N2. The average Bonchev–Trinajstić information content (AvgIpc) is 2.74. The minimum atomic E-state index is -4.44. The molecule has 1 aromatic heterocycles. The van der Waals surface area contributed by atoms with Crippen LogP contribution in [0.25, 0.3) is 5.69 Å². The summed E-state index contributed by atoms with van der Waals surface area (Å²) in [6.45, 7) is 0. The number of alkyl halides is 4. The van der Waals surface area contributed by atoms with Crippen LogP contribution in [0.3, 0.4) is 0 Å². The second kappa shape index (κ2) is 4.93. The predicted molar refractivity (Wildman–Crippen MR) is 66.2 cm³/mol. The van der Waals surface area contributed by atoms with E-state index < -0.39 is 11.7 Å². The third kappa shape index (κ3) is 2.70. The second-order valence-corrected chi connectivity index (χ2v) is 4.58. The molecule has 0 atom stereocenters. The zero-order chi connectivity index (χ0) is 13.3. The Balaban J connectivity index is 2.60. The number of halogens is 5. The Morgan fingerprint density at radius 1 is 1.33 bits per heavy atom. The summed E-state index contributed by atoms with van der Waals surface area (Å²) < 4.78 is 40.0. The molecule has 1 heterocycles. The third-order valence-corrected chi connectivity index (χ3v) is 3.16. The van der Waals surface area contributed by atoms with Crippen molar-refractivity contribution in [1.82, 2.24) is 9.78 Å². The third-order valence-electron chi connectivity index (χ3n) is 2.32. The van der Waals surface area contributed by atoms with Gasteiger partial charge in [0.05, 0.1) is 22.5 Å². The van der Waals surface area contributed by atoms with E-state index in [1.54, 1.807) is 6.07 Å². The van der Waals surface area contributed by atoms with Crippen LogP contribution in [0, 0.1) is 0 Å². The molecular weight excluding hydrogens is 332 g/mol. The van der Waals surface area contributed by atoms with Gasteiger partial charge in [0.25, 0.3) is 0 Å². The van der Waals surface area contributed by atoms with E-state index in [1.807, 2.05) is 0 Å². The molecule has 0 spiro atoms. The van der Waals surface area contributed by atoms with Crippen LogP contribution in [0.5, 0.6) is 0 Å². The van der Waals surface area contributed by atoms with Crippen LogP contribution in [-0.4, -0.2) is 9.78 Å². The highest BCUT2D eigenvalue weighted by atomic mass is 79.9. The van der Waals surface area contributed by atoms with Crippen molar-refractivity contribution in [3.05, 3.63) is 46.7 Å². The Morgan fingerprint density at radius 3 is 2.56 bits per heavy atom. The molecule has 0 fully saturated rings. The van der Waals surface area contributed by atoms with Gasteiger partial charge in [0.15, 0.2) is 0 Å². The summed E-state index contributed by atoms with van der Waals surface area (Å²) in [5.41, 5.74) is -0.234. The van der Waals surface area contributed by atoms with Gasteiger partial charge in [-0.3, -0.25) is 0 Å². The van der Waals surface area contributed by atoms with E-state index in [-0.39, 0.29) is 10.7 Å². The smallest absolute Gasteiger partial charge is 0.239 e. The van der Waals surface area contributed by atoms with Gasteiger partial charge in [-0.25, -0.2) is 4.68 Å². The van der Waals surface area contributed by atoms with Gasteiger partial charge >= 0.3 is 6.18 Å². The van der Waals surface area contributed by atoms with Gasteiger partial charge in [0, 0.05) is 11.5 Å². The topological polar surface area (TPSA) is 17.8 Å². The maximum Gasteiger partial charge on any atom is 0.418 e. The molecule has 0 N–H and O–H groups in total. The fourth-order valence-electron chi connectivity index (χ4n) is 1.53. The molecule has 0 aliphatic carbocycles. The van der Waals surface area contributed by atoms with Crippen molar-refractivity contribution < 1.29 is 13.2 Å². The Labute approximate surface area is 114 Å². The van der Waals surface area contributed by atoms with E-state index >= 15 is 0 Å². The molecule has 1 aromatic carbocycles. The van der Waals surface area contributed by atoms with Crippen molar-refractivity contribution in [3.63, 3.8) is 0 Å². The van der Waals surface area contributed by atoms with Gasteiger partial charge in [0.1, 0.15) is 0 Å². The highest BCUT2D eigenvalue weighted by molar-refractivity contribution is 9.08. The summed E-state index contributed by atoms with van der Waals surface area (Å²) in [6.07, 6.45) is -1.81. The highest BCUT2D eigenvalue weighted by Gasteiger charge is 2.34. The van der Waals surface area contributed by atoms with Crippen LogP contribution in [0.4, 0.5) is 13.2 Å². The molecule has 96 valence electrons. The van der Waals surface area contributed by atoms with Crippen LogP contribution in [0.15, 0.2) is 30.6 Å². The molecule has 0 unspecified atom stereocenters. The zero-order valence-electron chi connectivity index (χ0n) is 8.88. The Morgan fingerprint density at radius 2 is 2.06 bits per heavy atom. The molecule has 0 amide bonds. The molecule has 2 rings (SSSR count). The largest absolute Gasteiger partial charge is 0.418 e. The first kappa shape index (κ1) is 13.4. The minimum absolute atomic E-state index is 0.0425. The zero-order valence-corrected chi connectivity index (χ0v) is 11.2. The van der Waals surface area contributed by atoms with Gasteiger partial charge in [-0.1, -0.05) is 33.6 Å². The monoisotopic (exact) mass is 338 g/mol. The van der Waals surface area contributed by atoms with Crippen molar-refractivity contribution in [2.45, 2.75) is 11.5 Å². The number of rotatable bonds is 2. The predicted octanol–water partition coefficient (Wildman–Crippen LogP) is 4.44. The molecule has 2 nitrogen and oxygen atoms in total. The summed E-state index contributed by atoms with van der Waals surface area (Å²) in [4.78, 5) is 0. The van der Waals surface area contributed by atoms with Crippen molar-refractivity contribution >= 4 is 27.5 Å². The molecule has 0 saturated heterocycles. The molecule has 0 radical (unpaired) electrons. The molecule has 0 saturated carbocycles. The van der Waals surface area contributed by atoms with Gasteiger partial charge in [0.2, 0.25) is 0 Å². The second-order valence-electron chi connectivity index (χ2n) is 3.59. The van der Waals surface area contributed by atoms with E-state index in [0.29, 0.717) is 10.9 Å². The van der Waals surface area contributed by atoms with Gasteiger partial charge < -0.3 is 0 Å². The standard InChI is InChI=1S/C11H7BrClF3N2/c12-4-7-1-2-10(9(3-7)11(14,15)16)18-6-8(13)5-17-18/h1-3,5-6H,4H2. The van der Waals surface area contributed by atoms with Crippen molar-refractivity contribution in [2.75, 3.05) is 0 Å². The van der Waals surface area contributed by atoms with E-state index in [9.17, 15) is 13.2 Å². The van der Waals surface area contributed by atoms with Crippen LogP contribution in [-0.2, 0) is 11.5 Å². The van der Waals surface area contributed by atoms with Crippen molar-refractivity contribution in [3.8, 4) is 5.69 Å². The molecule has 2 aromatic rings. The fraction of sp³-hybridized carbons (Fsp3) is 0.182. The van der Waals surface area contributed by atoms with Crippen LogP contribution in [0.2, 0.25) is 5.02 Å². The summed E-state index contributed by atoms with van der Waals surface area (Å²) >= 11 is 8.80. The first-order chi connectivity index (χ1) is 8.41. The Kier molecular flexibility index (Phi) is 3.68. The number of nitrogens with zero attached hydrogens (tertiary/aromatic N) is 2. The van der Waals surface area contributed by atoms with E-state index in [4.69, 9.17) is 11.6 Å². The molecule has 0 aliphatic rings. The molecule has 0 bridgehead atoms. The SMILES string of the molecule is FC(F)(F)c1cc(CBr)ccc1-n1cc(Cl)cn1. The van der Waals surface area contributed by atoms with Gasteiger partial charge in [-0.15, -0.1) is 0 Å². The Hall–Kier alpha value is -1.01. The normalized spacial score (nSPS) is 11.8. The average molecular weight is 340 g/mol. The highest BCUT2D eigenvalue weighted by Crippen LogP contribution is 2.34. The minimum Gasteiger partial charge on any atom is -0.239 e. The molecule has 7 heteroatoms. The number of benzene rings is 1. The van der Waals surface area contributed by atoms with Gasteiger partial charge in [-0.2, -0.15) is 18.3 Å². The van der Waals surface area contributed by atoms with Crippen molar-refractivity contribution in [2.24, 2.45) is 0 Å². The summed E-state index contributed by atoms with van der Waals surface area (Å²) in [7, 11) is 0. The van der Waals surface area contributed by atoms with Gasteiger partial charge in [-0.05, 0) is 17.7 Å². The fourth-order valence-corrected chi connectivity index (χ4v) is 2.01. The van der Waals surface area contributed by atoms with E-state index in [1.165, 1.54) is 18.5 Å². The maximum atomic E-state index is 13.0. The number of hydrogen-bond acceptors (Lipinski definition) is 1. The lowest BCUT2D eigenvalue weighted by atomic mass is 10.1. The van der Waals surface area contributed by atoms with Crippen LogP contribution in [0.1, 0.15) is 11.1 Å². The lowest BCUT2D eigenvalue weighted by Crippen LogP contribution is -2.11. The quantitative estimate of drug-likeness (QED) is 0.740. The first-order valence-corrected chi connectivity index (χ1v) is 6.38. The Bertz CT molecular complexity index is 566. The lowest BCUT2D eigenvalue weighted by molar-refractivity contribution is -0.137. The first-order valence-electron chi connectivity index (χ1n) is 4.88. The summed E-state index contributed by atoms with van der Waals surface area (Å²) in [6, 6.07) is 4.08. The summed E-state index contributed by atoms with van der Waals surface area (Å²) in [5.74, 6) is 0. The summed E-state index contributed by atoms with van der Waals surface area (Å²) in [5, 5.41) is 4.43. The molecule has 18 heavy (non-hydrogen) atoms. The van der Waals surface area contributed by atoms with Crippen LogP contribution < -0.4 is 0 Å². The van der Waals surface area contributed by atoms with Crippen LogP contribution >= 0.6 is 27.5 Å². The lowest BCUT2D eigenvalue weighted by Gasteiger charge is -2.13. The maximum absolute atomic E-state index is 13.0.